The van der Waals surface area contributed by atoms with Crippen LogP contribution in [0.1, 0.15) is 37.7 Å². The normalized spacial score (nSPS) is 12.5. The number of hydrogen-bond donors (Lipinski definition) is 2. The fraction of sp³-hybridized carbons (Fsp3) is 0.250. The van der Waals surface area contributed by atoms with Crippen LogP contribution < -0.4 is 20.5 Å². The van der Waals surface area contributed by atoms with E-state index in [9.17, 15) is 9.59 Å². The number of benzene rings is 1. The van der Waals surface area contributed by atoms with E-state index in [0.717, 1.165) is 29.7 Å². The highest BCUT2D eigenvalue weighted by Crippen LogP contribution is 2.39. The van der Waals surface area contributed by atoms with Crippen LogP contribution in [-0.2, 0) is 12.8 Å². The van der Waals surface area contributed by atoms with Gasteiger partial charge in [-0.2, -0.15) is 0 Å². The SMILES string of the molecule is COc1ccc(-c2cc(C(=O)Nc3sc4c(c3C(N)=O)CCC4)no2)cc1OC. The molecule has 1 aromatic carbocycles. The van der Waals surface area contributed by atoms with Crippen molar-refractivity contribution in [3.05, 3.63) is 46.0 Å². The number of nitrogens with one attached hydrogen (secondary N) is 1. The second-order valence-electron chi connectivity index (χ2n) is 6.53. The van der Waals surface area contributed by atoms with E-state index in [1.165, 1.54) is 24.5 Å². The third-order valence-electron chi connectivity index (χ3n) is 4.81. The number of amides is 2. The first-order chi connectivity index (χ1) is 14.0. The fourth-order valence-electron chi connectivity index (χ4n) is 3.43. The Morgan fingerprint density at radius 3 is 2.69 bits per heavy atom. The zero-order chi connectivity index (χ0) is 20.5. The van der Waals surface area contributed by atoms with Gasteiger partial charge < -0.3 is 25.0 Å². The highest BCUT2D eigenvalue weighted by atomic mass is 32.1. The molecule has 2 heterocycles. The lowest BCUT2D eigenvalue weighted by molar-refractivity contribution is 0.100. The number of primary amides is 1. The monoisotopic (exact) mass is 413 g/mol. The van der Waals surface area contributed by atoms with Crippen LogP contribution in [0, 0.1) is 0 Å². The molecular weight excluding hydrogens is 394 g/mol. The smallest absolute Gasteiger partial charge is 0.278 e. The number of hydrogen-bond acceptors (Lipinski definition) is 7. The van der Waals surface area contributed by atoms with Crippen molar-refractivity contribution < 1.29 is 23.6 Å². The van der Waals surface area contributed by atoms with E-state index in [4.69, 9.17) is 19.7 Å². The molecule has 3 N–H and O–H groups in total. The Balaban J connectivity index is 1.58. The number of aromatic nitrogens is 1. The van der Waals surface area contributed by atoms with Crippen LogP contribution in [-0.4, -0.2) is 31.2 Å². The van der Waals surface area contributed by atoms with Gasteiger partial charge in [-0.25, -0.2) is 0 Å². The lowest BCUT2D eigenvalue weighted by Crippen LogP contribution is -2.18. The molecule has 0 radical (unpaired) electrons. The van der Waals surface area contributed by atoms with Crippen LogP contribution in [0.15, 0.2) is 28.8 Å². The van der Waals surface area contributed by atoms with E-state index in [0.29, 0.717) is 33.4 Å². The van der Waals surface area contributed by atoms with Crippen molar-refractivity contribution in [3.8, 4) is 22.8 Å². The lowest BCUT2D eigenvalue weighted by Gasteiger charge is -2.07. The van der Waals surface area contributed by atoms with Crippen molar-refractivity contribution >= 4 is 28.2 Å². The molecule has 2 aromatic heterocycles. The van der Waals surface area contributed by atoms with Crippen molar-refractivity contribution in [2.45, 2.75) is 19.3 Å². The number of nitrogens with two attached hydrogens (primary N) is 1. The summed E-state index contributed by atoms with van der Waals surface area (Å²) in [5, 5.41) is 7.07. The van der Waals surface area contributed by atoms with Gasteiger partial charge in [-0.05, 0) is 43.0 Å². The third kappa shape index (κ3) is 3.44. The second kappa shape index (κ2) is 7.59. The first-order valence-electron chi connectivity index (χ1n) is 8.96. The molecule has 0 fully saturated rings. The number of carbonyl (C=O) groups excluding carboxylic acids is 2. The molecule has 150 valence electrons. The quantitative estimate of drug-likeness (QED) is 0.641. The Morgan fingerprint density at radius 2 is 1.97 bits per heavy atom. The molecule has 9 heteroatoms. The zero-order valence-corrected chi connectivity index (χ0v) is 16.7. The van der Waals surface area contributed by atoms with Gasteiger partial charge >= 0.3 is 0 Å². The summed E-state index contributed by atoms with van der Waals surface area (Å²) in [7, 11) is 3.09. The molecule has 1 aliphatic rings. The average Bonchev–Trinajstić information content (AvgIpc) is 3.42. The summed E-state index contributed by atoms with van der Waals surface area (Å²) in [5.74, 6) is 0.513. The predicted octanol–water partition coefficient (Wildman–Crippen LogP) is 3.26. The van der Waals surface area contributed by atoms with Gasteiger partial charge in [0.1, 0.15) is 5.00 Å². The van der Waals surface area contributed by atoms with Crippen molar-refractivity contribution in [3.63, 3.8) is 0 Å². The minimum absolute atomic E-state index is 0.0961. The molecule has 0 aliphatic heterocycles. The number of thiophene rings is 1. The largest absolute Gasteiger partial charge is 0.493 e. The standard InChI is InChI=1S/C20H19N3O5S/c1-26-13-7-6-10(8-15(13)27-2)14-9-12(23-28-14)19(25)22-20-17(18(21)24)11-4-3-5-16(11)29-20/h6-9H,3-5H2,1-2H3,(H2,21,24)(H,22,25). The molecule has 0 unspecified atom stereocenters. The first-order valence-corrected chi connectivity index (χ1v) is 9.78. The second-order valence-corrected chi connectivity index (χ2v) is 7.63. The Hall–Kier alpha value is -3.33. The summed E-state index contributed by atoms with van der Waals surface area (Å²) in [5.41, 5.74) is 7.67. The summed E-state index contributed by atoms with van der Waals surface area (Å²) < 4.78 is 15.8. The number of carbonyl (C=O) groups is 2. The molecule has 0 saturated heterocycles. The molecule has 0 atom stereocenters. The Morgan fingerprint density at radius 1 is 1.17 bits per heavy atom. The van der Waals surface area contributed by atoms with Crippen LogP contribution in [0.2, 0.25) is 0 Å². The van der Waals surface area contributed by atoms with Gasteiger partial charge in [0.15, 0.2) is 23.0 Å². The Labute approximate surface area is 170 Å². The van der Waals surface area contributed by atoms with Gasteiger partial charge in [0.2, 0.25) is 0 Å². The summed E-state index contributed by atoms with van der Waals surface area (Å²) >= 11 is 1.39. The van der Waals surface area contributed by atoms with Crippen molar-refractivity contribution in [2.24, 2.45) is 5.73 Å². The van der Waals surface area contributed by atoms with Gasteiger partial charge in [-0.3, -0.25) is 9.59 Å². The van der Waals surface area contributed by atoms with E-state index in [1.54, 1.807) is 25.3 Å². The maximum Gasteiger partial charge on any atom is 0.278 e. The number of aryl methyl sites for hydroxylation is 1. The van der Waals surface area contributed by atoms with Crippen LogP contribution in [0.5, 0.6) is 11.5 Å². The molecule has 3 aromatic rings. The Bertz CT molecular complexity index is 1100. The minimum atomic E-state index is -0.536. The maximum absolute atomic E-state index is 12.7. The van der Waals surface area contributed by atoms with Crippen molar-refractivity contribution in [1.29, 1.82) is 0 Å². The zero-order valence-electron chi connectivity index (χ0n) is 15.9. The van der Waals surface area contributed by atoms with Crippen LogP contribution in [0.25, 0.3) is 11.3 Å². The molecular formula is C20H19N3O5S. The van der Waals surface area contributed by atoms with E-state index in [-0.39, 0.29) is 5.69 Å². The third-order valence-corrected chi connectivity index (χ3v) is 6.01. The maximum atomic E-state index is 12.7. The summed E-state index contributed by atoms with van der Waals surface area (Å²) in [6.45, 7) is 0. The number of ether oxygens (including phenoxy) is 2. The van der Waals surface area contributed by atoms with Crippen LogP contribution in [0.4, 0.5) is 5.00 Å². The molecule has 2 amide bonds. The number of fused-ring (bicyclic) bond motifs is 1. The van der Waals surface area contributed by atoms with E-state index in [1.807, 2.05) is 0 Å². The van der Waals surface area contributed by atoms with Crippen LogP contribution >= 0.6 is 11.3 Å². The van der Waals surface area contributed by atoms with Gasteiger partial charge in [0.05, 0.1) is 19.8 Å². The average molecular weight is 413 g/mol. The van der Waals surface area contributed by atoms with Gasteiger partial charge in [-0.1, -0.05) is 5.16 Å². The predicted molar refractivity (Wildman–Crippen MR) is 108 cm³/mol. The Kier molecular flexibility index (Phi) is 4.98. The molecule has 0 bridgehead atoms. The highest BCUT2D eigenvalue weighted by molar-refractivity contribution is 7.17. The van der Waals surface area contributed by atoms with Crippen molar-refractivity contribution in [2.75, 3.05) is 19.5 Å². The molecule has 29 heavy (non-hydrogen) atoms. The lowest BCUT2D eigenvalue weighted by atomic mass is 10.1. The van der Waals surface area contributed by atoms with Gasteiger partial charge in [0, 0.05) is 16.5 Å². The van der Waals surface area contributed by atoms with E-state index >= 15 is 0 Å². The van der Waals surface area contributed by atoms with Crippen LogP contribution in [0.3, 0.4) is 0 Å². The fourth-order valence-corrected chi connectivity index (χ4v) is 4.72. The van der Waals surface area contributed by atoms with E-state index in [2.05, 4.69) is 10.5 Å². The number of nitrogens with zero attached hydrogens (tertiary/aromatic N) is 1. The molecule has 1 aliphatic carbocycles. The topological polar surface area (TPSA) is 117 Å². The molecule has 4 rings (SSSR count). The molecule has 0 spiro atoms. The minimum Gasteiger partial charge on any atom is -0.493 e. The van der Waals surface area contributed by atoms with Crippen molar-refractivity contribution in [1.82, 2.24) is 5.16 Å². The summed E-state index contributed by atoms with van der Waals surface area (Å²) in [6.07, 6.45) is 2.69. The number of methoxy groups -OCH3 is 2. The highest BCUT2D eigenvalue weighted by Gasteiger charge is 2.27. The number of anilines is 1. The number of rotatable bonds is 6. The molecule has 8 nitrogen and oxygen atoms in total. The van der Waals surface area contributed by atoms with Gasteiger partial charge in [-0.15, -0.1) is 11.3 Å². The van der Waals surface area contributed by atoms with Gasteiger partial charge in [0.25, 0.3) is 11.8 Å². The summed E-state index contributed by atoms with van der Waals surface area (Å²) in [6, 6.07) is 6.78. The first kappa shape index (κ1) is 19.0. The summed E-state index contributed by atoms with van der Waals surface area (Å²) in [4.78, 5) is 25.6. The molecule has 0 saturated carbocycles. The van der Waals surface area contributed by atoms with E-state index < -0.39 is 11.8 Å².